The number of hydrogen-bond donors (Lipinski definition) is 1. The second-order valence-corrected chi connectivity index (χ2v) is 7.69. The van der Waals surface area contributed by atoms with E-state index in [0.29, 0.717) is 0 Å². The summed E-state index contributed by atoms with van der Waals surface area (Å²) in [5, 5.41) is 7.83. The Kier molecular flexibility index (Phi) is 10.7. The van der Waals surface area contributed by atoms with E-state index in [0.717, 1.165) is 44.0 Å². The molecule has 2 unspecified atom stereocenters. The number of aromatic nitrogens is 2. The summed E-state index contributed by atoms with van der Waals surface area (Å²) in [6.07, 6.45) is 7.90. The van der Waals surface area contributed by atoms with Gasteiger partial charge in [0.1, 0.15) is 0 Å². The van der Waals surface area contributed by atoms with Crippen LogP contribution in [0.5, 0.6) is 0 Å². The van der Waals surface area contributed by atoms with Crippen LogP contribution in [0.3, 0.4) is 0 Å². The quantitative estimate of drug-likeness (QED) is 0.345. The molecule has 0 bridgehead atoms. The largest absolute Gasteiger partial charge is 0.357 e. The highest BCUT2D eigenvalue weighted by molar-refractivity contribution is 14.0. The molecule has 1 aliphatic rings. The molecule has 1 aliphatic heterocycles. The molecule has 2 atom stereocenters. The number of rotatable bonds is 8. The Bertz CT molecular complexity index is 567. The molecule has 0 aromatic carbocycles. The molecule has 0 saturated carbocycles. The SMILES string of the molecule is CCNC(=NCC(c1cnn(C)c1)N(C)C)N1CCC(C(CC)CC)C1.I. The normalized spacial score (nSPS) is 18.9. The number of halogens is 1. The van der Waals surface area contributed by atoms with E-state index in [1.807, 2.05) is 17.9 Å². The number of guanidine groups is 1. The van der Waals surface area contributed by atoms with Crippen LogP contribution in [-0.2, 0) is 7.05 Å². The highest BCUT2D eigenvalue weighted by Gasteiger charge is 2.29. The zero-order valence-electron chi connectivity index (χ0n) is 18.0. The van der Waals surface area contributed by atoms with Gasteiger partial charge < -0.3 is 15.1 Å². The number of aryl methyl sites for hydroxylation is 1. The third-order valence-corrected chi connectivity index (χ3v) is 5.72. The maximum Gasteiger partial charge on any atom is 0.193 e. The average molecular weight is 490 g/mol. The molecule has 1 aromatic rings. The molecule has 156 valence electrons. The maximum absolute atomic E-state index is 5.00. The third kappa shape index (κ3) is 6.62. The van der Waals surface area contributed by atoms with Crippen LogP contribution in [0, 0.1) is 11.8 Å². The summed E-state index contributed by atoms with van der Waals surface area (Å²) in [6, 6.07) is 0.245. The molecular formula is C20H39IN6. The Balaban J connectivity index is 0.00000364. The van der Waals surface area contributed by atoms with Gasteiger partial charge in [-0.2, -0.15) is 5.10 Å². The lowest BCUT2D eigenvalue weighted by Gasteiger charge is -2.26. The van der Waals surface area contributed by atoms with Crippen molar-refractivity contribution >= 4 is 29.9 Å². The van der Waals surface area contributed by atoms with Crippen molar-refractivity contribution in [2.24, 2.45) is 23.9 Å². The van der Waals surface area contributed by atoms with E-state index < -0.39 is 0 Å². The maximum atomic E-state index is 5.00. The van der Waals surface area contributed by atoms with E-state index in [9.17, 15) is 0 Å². The van der Waals surface area contributed by atoms with Gasteiger partial charge in [0.15, 0.2) is 5.96 Å². The molecule has 6 nitrogen and oxygen atoms in total. The van der Waals surface area contributed by atoms with Gasteiger partial charge in [0.2, 0.25) is 0 Å². The molecule has 27 heavy (non-hydrogen) atoms. The molecule has 1 saturated heterocycles. The summed E-state index contributed by atoms with van der Waals surface area (Å²) in [7, 11) is 6.18. The first-order valence-electron chi connectivity index (χ1n) is 10.2. The Morgan fingerprint density at radius 1 is 1.33 bits per heavy atom. The standard InChI is InChI=1S/C20H38N6.HI/c1-7-16(8-2)17-10-11-26(15-17)20(21-9-3)22-13-19(24(4)5)18-12-23-25(6)14-18;/h12,14,16-17,19H,7-11,13,15H2,1-6H3,(H,21,22);1H. The monoisotopic (exact) mass is 490 g/mol. The molecule has 1 aromatic heterocycles. The van der Waals surface area contributed by atoms with E-state index in [2.05, 4.69) is 61.3 Å². The van der Waals surface area contributed by atoms with Gasteiger partial charge in [0.25, 0.3) is 0 Å². The third-order valence-electron chi connectivity index (χ3n) is 5.72. The van der Waals surface area contributed by atoms with Crippen LogP contribution >= 0.6 is 24.0 Å². The van der Waals surface area contributed by atoms with Gasteiger partial charge >= 0.3 is 0 Å². The lowest BCUT2D eigenvalue weighted by molar-refractivity contribution is 0.303. The first-order chi connectivity index (χ1) is 12.5. The molecule has 2 heterocycles. The van der Waals surface area contributed by atoms with E-state index in [1.54, 1.807) is 0 Å². The Hall–Kier alpha value is -0.830. The van der Waals surface area contributed by atoms with Crippen molar-refractivity contribution in [2.45, 2.75) is 46.1 Å². The molecule has 0 amide bonds. The van der Waals surface area contributed by atoms with E-state index in [-0.39, 0.29) is 30.0 Å². The smallest absolute Gasteiger partial charge is 0.193 e. The minimum absolute atomic E-state index is 0. The molecule has 0 aliphatic carbocycles. The van der Waals surface area contributed by atoms with Crippen molar-refractivity contribution in [1.82, 2.24) is 24.9 Å². The van der Waals surface area contributed by atoms with E-state index in [4.69, 9.17) is 4.99 Å². The summed E-state index contributed by atoms with van der Waals surface area (Å²) < 4.78 is 1.86. The minimum Gasteiger partial charge on any atom is -0.357 e. The van der Waals surface area contributed by atoms with Gasteiger partial charge in [-0.05, 0) is 39.3 Å². The second kappa shape index (κ2) is 11.9. The van der Waals surface area contributed by atoms with Gasteiger partial charge in [-0.15, -0.1) is 24.0 Å². The van der Waals surface area contributed by atoms with Gasteiger partial charge in [0.05, 0.1) is 18.8 Å². The Morgan fingerprint density at radius 2 is 2.04 bits per heavy atom. The molecule has 2 rings (SSSR count). The predicted octanol–water partition coefficient (Wildman–Crippen LogP) is 3.36. The van der Waals surface area contributed by atoms with Crippen molar-refractivity contribution in [3.63, 3.8) is 0 Å². The number of hydrogen-bond acceptors (Lipinski definition) is 3. The Labute approximate surface area is 182 Å². The number of nitrogens with zero attached hydrogens (tertiary/aromatic N) is 5. The molecule has 1 fully saturated rings. The van der Waals surface area contributed by atoms with Gasteiger partial charge in [-0.25, -0.2) is 0 Å². The van der Waals surface area contributed by atoms with Crippen molar-refractivity contribution in [3.05, 3.63) is 18.0 Å². The molecule has 7 heteroatoms. The second-order valence-electron chi connectivity index (χ2n) is 7.69. The fourth-order valence-corrected chi connectivity index (χ4v) is 4.10. The van der Waals surface area contributed by atoms with Crippen LogP contribution in [0.25, 0.3) is 0 Å². The summed E-state index contributed by atoms with van der Waals surface area (Å²) in [4.78, 5) is 9.68. The van der Waals surface area contributed by atoms with Crippen LogP contribution < -0.4 is 5.32 Å². The van der Waals surface area contributed by atoms with Crippen LogP contribution in [0.2, 0.25) is 0 Å². The predicted molar refractivity (Wildman–Crippen MR) is 125 cm³/mol. The fraction of sp³-hybridized carbons (Fsp3) is 0.800. The van der Waals surface area contributed by atoms with E-state index >= 15 is 0 Å². The minimum atomic E-state index is 0. The molecule has 0 spiro atoms. The zero-order valence-corrected chi connectivity index (χ0v) is 20.3. The summed E-state index contributed by atoms with van der Waals surface area (Å²) in [5.41, 5.74) is 1.22. The highest BCUT2D eigenvalue weighted by Crippen LogP contribution is 2.29. The first-order valence-corrected chi connectivity index (χ1v) is 10.2. The van der Waals surface area contributed by atoms with Gasteiger partial charge in [0, 0.05) is 38.4 Å². The van der Waals surface area contributed by atoms with Gasteiger partial charge in [-0.1, -0.05) is 26.7 Å². The van der Waals surface area contributed by atoms with Gasteiger partial charge in [-0.3, -0.25) is 9.67 Å². The lowest BCUT2D eigenvalue weighted by Crippen LogP contribution is -2.41. The average Bonchev–Trinajstić information content (AvgIpc) is 3.25. The van der Waals surface area contributed by atoms with Crippen LogP contribution in [0.15, 0.2) is 17.4 Å². The van der Waals surface area contributed by atoms with Crippen molar-refractivity contribution in [3.8, 4) is 0 Å². The van der Waals surface area contributed by atoms with Crippen molar-refractivity contribution in [1.29, 1.82) is 0 Å². The summed E-state index contributed by atoms with van der Waals surface area (Å²) in [6.45, 7) is 10.7. The van der Waals surface area contributed by atoms with Crippen molar-refractivity contribution in [2.75, 3.05) is 40.3 Å². The van der Waals surface area contributed by atoms with Crippen LogP contribution in [-0.4, -0.2) is 65.8 Å². The highest BCUT2D eigenvalue weighted by atomic mass is 127. The number of aliphatic imine (C=N–C) groups is 1. The summed E-state index contributed by atoms with van der Waals surface area (Å²) in [5.74, 6) is 2.71. The Morgan fingerprint density at radius 3 is 2.56 bits per heavy atom. The number of nitrogens with one attached hydrogen (secondary N) is 1. The van der Waals surface area contributed by atoms with Crippen molar-refractivity contribution < 1.29 is 0 Å². The van der Waals surface area contributed by atoms with Crippen LogP contribution in [0.1, 0.15) is 51.6 Å². The first kappa shape index (κ1) is 24.2. The topological polar surface area (TPSA) is 48.7 Å². The van der Waals surface area contributed by atoms with E-state index in [1.165, 1.54) is 24.8 Å². The van der Waals surface area contributed by atoms with Crippen LogP contribution in [0.4, 0.5) is 0 Å². The number of likely N-dealkylation sites (tertiary alicyclic amines) is 1. The summed E-state index contributed by atoms with van der Waals surface area (Å²) >= 11 is 0. The zero-order chi connectivity index (χ0) is 19.1. The lowest BCUT2D eigenvalue weighted by atomic mass is 9.87. The molecule has 0 radical (unpaired) electrons. The molecule has 1 N–H and O–H groups in total. The number of likely N-dealkylation sites (N-methyl/N-ethyl adjacent to an activating group) is 1. The fourth-order valence-electron chi connectivity index (χ4n) is 4.10. The molecular weight excluding hydrogens is 451 g/mol.